The molecule has 1 aromatic carbocycles. The molecular weight excluding hydrogens is 318 g/mol. The second-order valence-electron chi connectivity index (χ2n) is 6.26. The Kier molecular flexibility index (Phi) is 5.63. The van der Waals surface area contributed by atoms with Crippen LogP contribution < -0.4 is 0 Å². The molecule has 0 bridgehead atoms. The molecule has 3 nitrogen and oxygen atoms in total. The van der Waals surface area contributed by atoms with E-state index in [9.17, 15) is 4.79 Å². The van der Waals surface area contributed by atoms with Gasteiger partial charge in [-0.3, -0.25) is 0 Å². The molecule has 0 aromatic heterocycles. The number of carbonyl (C=O) groups is 1. The lowest BCUT2D eigenvalue weighted by Gasteiger charge is -2.27. The van der Waals surface area contributed by atoms with Gasteiger partial charge in [-0.05, 0) is 56.9 Å². The monoisotopic (exact) mass is 341 g/mol. The number of benzene rings is 1. The number of carbonyl (C=O) groups excluding carboxylic acids is 1. The zero-order valence-electron chi connectivity index (χ0n) is 13.2. The third kappa shape index (κ3) is 5.16. The van der Waals surface area contributed by atoms with E-state index in [1.807, 2.05) is 26.8 Å². The highest BCUT2D eigenvalue weighted by Gasteiger charge is 2.21. The Hall–Kier alpha value is -1.03. The van der Waals surface area contributed by atoms with Crippen LogP contribution in [0.5, 0.6) is 0 Å². The lowest BCUT2D eigenvalue weighted by atomic mass is 9.96. The summed E-state index contributed by atoms with van der Waals surface area (Å²) in [6.07, 6.45) is -0.279. The molecule has 0 saturated carbocycles. The van der Waals surface area contributed by atoms with Gasteiger partial charge in [0.1, 0.15) is 5.60 Å². The van der Waals surface area contributed by atoms with Crippen molar-refractivity contribution in [3.8, 4) is 0 Å². The van der Waals surface area contributed by atoms with Gasteiger partial charge in [-0.2, -0.15) is 0 Å². The number of aryl methyl sites for hydroxylation is 1. The van der Waals surface area contributed by atoms with Crippen molar-refractivity contribution in [3.63, 3.8) is 0 Å². The van der Waals surface area contributed by atoms with E-state index in [2.05, 4.69) is 41.9 Å². The molecule has 112 valence electrons. The third-order valence-electron chi connectivity index (χ3n) is 3.02. The van der Waals surface area contributed by atoms with Crippen LogP contribution in [0, 0.1) is 6.92 Å². The van der Waals surface area contributed by atoms with E-state index < -0.39 is 5.60 Å². The molecule has 1 atom stereocenters. The van der Waals surface area contributed by atoms with Gasteiger partial charge < -0.3 is 9.64 Å². The van der Waals surface area contributed by atoms with Crippen molar-refractivity contribution < 1.29 is 9.53 Å². The van der Waals surface area contributed by atoms with Gasteiger partial charge in [0.2, 0.25) is 0 Å². The Morgan fingerprint density at radius 1 is 1.40 bits per heavy atom. The molecule has 0 radical (unpaired) electrons. The maximum absolute atomic E-state index is 12.0. The first-order valence-electron chi connectivity index (χ1n) is 6.80. The smallest absolute Gasteiger partial charge is 0.410 e. The lowest BCUT2D eigenvalue weighted by Crippen LogP contribution is -2.36. The molecule has 0 unspecified atom stereocenters. The van der Waals surface area contributed by atoms with E-state index in [4.69, 9.17) is 4.74 Å². The summed E-state index contributed by atoms with van der Waals surface area (Å²) in [6, 6.07) is 6.23. The maximum Gasteiger partial charge on any atom is 0.410 e. The highest BCUT2D eigenvalue weighted by atomic mass is 79.9. The molecule has 1 amide bonds. The summed E-state index contributed by atoms with van der Waals surface area (Å²) < 4.78 is 6.44. The van der Waals surface area contributed by atoms with Crippen LogP contribution in [0.2, 0.25) is 0 Å². The number of nitrogens with zero attached hydrogens (tertiary/aromatic N) is 1. The minimum atomic E-state index is -0.456. The fourth-order valence-electron chi connectivity index (χ4n) is 2.12. The second kappa shape index (κ2) is 6.61. The molecular formula is C16H24BrNO2. The fraction of sp³-hybridized carbons (Fsp3) is 0.562. The molecule has 1 aromatic rings. The molecule has 0 aliphatic heterocycles. The normalized spacial score (nSPS) is 12.9. The summed E-state index contributed by atoms with van der Waals surface area (Å²) in [6.45, 7) is 10.5. The number of ether oxygens (including phenoxy) is 1. The zero-order valence-corrected chi connectivity index (χ0v) is 14.7. The van der Waals surface area contributed by atoms with Gasteiger partial charge in [0, 0.05) is 18.1 Å². The fourth-order valence-corrected chi connectivity index (χ4v) is 2.59. The summed E-state index contributed by atoms with van der Waals surface area (Å²) >= 11 is 3.47. The predicted octanol–water partition coefficient (Wildman–Crippen LogP) is 4.73. The molecule has 0 aliphatic carbocycles. The zero-order chi connectivity index (χ0) is 15.5. The molecule has 1 rings (SSSR count). The van der Waals surface area contributed by atoms with Crippen LogP contribution >= 0.6 is 15.9 Å². The topological polar surface area (TPSA) is 29.5 Å². The van der Waals surface area contributed by atoms with Gasteiger partial charge in [-0.15, -0.1) is 0 Å². The quantitative estimate of drug-likeness (QED) is 0.795. The van der Waals surface area contributed by atoms with Crippen molar-refractivity contribution in [2.75, 3.05) is 13.6 Å². The number of rotatable bonds is 3. The van der Waals surface area contributed by atoms with Gasteiger partial charge >= 0.3 is 6.09 Å². The summed E-state index contributed by atoms with van der Waals surface area (Å²) in [5, 5.41) is 0. The lowest BCUT2D eigenvalue weighted by molar-refractivity contribution is 0.0291. The van der Waals surface area contributed by atoms with Crippen molar-refractivity contribution in [2.45, 2.75) is 46.1 Å². The molecule has 0 saturated heterocycles. The summed E-state index contributed by atoms with van der Waals surface area (Å²) in [4.78, 5) is 13.6. The van der Waals surface area contributed by atoms with E-state index in [1.54, 1.807) is 11.9 Å². The molecule has 0 heterocycles. The van der Waals surface area contributed by atoms with Crippen LogP contribution in [0.25, 0.3) is 0 Å². The molecule has 0 N–H and O–H groups in total. The van der Waals surface area contributed by atoms with Crippen LogP contribution in [0.15, 0.2) is 22.7 Å². The van der Waals surface area contributed by atoms with Crippen LogP contribution in [-0.2, 0) is 4.74 Å². The molecule has 4 heteroatoms. The Morgan fingerprint density at radius 3 is 2.50 bits per heavy atom. The Labute approximate surface area is 130 Å². The summed E-state index contributed by atoms with van der Waals surface area (Å²) in [7, 11) is 1.78. The third-order valence-corrected chi connectivity index (χ3v) is 3.51. The standard InChI is InChI=1S/C16H24BrNO2/c1-11-9-13(17)7-8-14(11)12(2)10-18(6)15(19)20-16(3,4)5/h7-9,12H,10H2,1-6H3/t12-/m0/s1. The van der Waals surface area contributed by atoms with Crippen LogP contribution in [0.1, 0.15) is 44.7 Å². The van der Waals surface area contributed by atoms with E-state index >= 15 is 0 Å². The molecule has 0 aliphatic rings. The number of hydrogen-bond donors (Lipinski definition) is 0. The molecule has 20 heavy (non-hydrogen) atoms. The van der Waals surface area contributed by atoms with Gasteiger partial charge in [-0.1, -0.05) is 28.9 Å². The predicted molar refractivity (Wildman–Crippen MR) is 86.2 cm³/mol. The SMILES string of the molecule is Cc1cc(Br)ccc1[C@@H](C)CN(C)C(=O)OC(C)(C)C. The second-order valence-corrected chi connectivity index (χ2v) is 7.18. The largest absolute Gasteiger partial charge is 0.444 e. The van der Waals surface area contributed by atoms with E-state index in [0.29, 0.717) is 6.54 Å². The maximum atomic E-state index is 12.0. The Balaban J connectivity index is 2.70. The van der Waals surface area contributed by atoms with Gasteiger partial charge in [0.15, 0.2) is 0 Å². The molecule has 0 fully saturated rings. The molecule has 0 spiro atoms. The van der Waals surface area contributed by atoms with Crippen molar-refractivity contribution in [1.82, 2.24) is 4.90 Å². The minimum absolute atomic E-state index is 0.264. The number of amides is 1. The highest BCUT2D eigenvalue weighted by Crippen LogP contribution is 2.24. The Bertz CT molecular complexity index is 480. The van der Waals surface area contributed by atoms with Crippen LogP contribution in [-0.4, -0.2) is 30.2 Å². The van der Waals surface area contributed by atoms with E-state index in [-0.39, 0.29) is 12.0 Å². The first-order valence-corrected chi connectivity index (χ1v) is 7.59. The highest BCUT2D eigenvalue weighted by molar-refractivity contribution is 9.10. The van der Waals surface area contributed by atoms with Crippen molar-refractivity contribution in [3.05, 3.63) is 33.8 Å². The first kappa shape index (κ1) is 17.0. The van der Waals surface area contributed by atoms with E-state index in [1.165, 1.54) is 11.1 Å². The van der Waals surface area contributed by atoms with E-state index in [0.717, 1.165) is 4.47 Å². The van der Waals surface area contributed by atoms with Crippen molar-refractivity contribution in [1.29, 1.82) is 0 Å². The number of halogens is 1. The summed E-state index contributed by atoms with van der Waals surface area (Å²) in [5.41, 5.74) is 2.02. The summed E-state index contributed by atoms with van der Waals surface area (Å²) in [5.74, 6) is 0.264. The number of likely N-dealkylation sites (N-methyl/N-ethyl adjacent to an activating group) is 1. The van der Waals surface area contributed by atoms with Gasteiger partial charge in [0.05, 0.1) is 0 Å². The average molecular weight is 342 g/mol. The minimum Gasteiger partial charge on any atom is -0.444 e. The first-order chi connectivity index (χ1) is 9.10. The van der Waals surface area contributed by atoms with Gasteiger partial charge in [-0.25, -0.2) is 4.79 Å². The van der Waals surface area contributed by atoms with Crippen LogP contribution in [0.4, 0.5) is 4.79 Å². The van der Waals surface area contributed by atoms with Crippen molar-refractivity contribution >= 4 is 22.0 Å². The van der Waals surface area contributed by atoms with Crippen molar-refractivity contribution in [2.24, 2.45) is 0 Å². The van der Waals surface area contributed by atoms with Gasteiger partial charge in [0.25, 0.3) is 0 Å². The van der Waals surface area contributed by atoms with Crippen LogP contribution in [0.3, 0.4) is 0 Å². The number of hydrogen-bond acceptors (Lipinski definition) is 2. The average Bonchev–Trinajstić information content (AvgIpc) is 2.26. The Morgan fingerprint density at radius 2 is 2.00 bits per heavy atom.